The Bertz CT molecular complexity index is 623. The highest BCUT2D eigenvalue weighted by atomic mass is 79.9. The van der Waals surface area contributed by atoms with Crippen LogP contribution in [0.4, 0.5) is 11.4 Å². The number of rotatable bonds is 2. The summed E-state index contributed by atoms with van der Waals surface area (Å²) in [6.07, 6.45) is 0. The van der Waals surface area contributed by atoms with Crippen LogP contribution in [0, 0.1) is 6.92 Å². The van der Waals surface area contributed by atoms with Gasteiger partial charge in [-0.1, -0.05) is 39.7 Å². The smallest absolute Gasteiger partial charge is 0.255 e. The van der Waals surface area contributed by atoms with Crippen LogP contribution in [0.1, 0.15) is 15.9 Å². The van der Waals surface area contributed by atoms with Crippen molar-refractivity contribution in [3.63, 3.8) is 0 Å². The molecule has 0 aromatic heterocycles. The highest BCUT2D eigenvalue weighted by Gasteiger charge is 2.11. The number of carbonyl (C=O) groups excluding carboxylic acids is 1. The summed E-state index contributed by atoms with van der Waals surface area (Å²) < 4.78 is 0.882. The Labute approximate surface area is 124 Å². The fourth-order valence-corrected chi connectivity index (χ4v) is 2.20. The number of aryl methyl sites for hydroxylation is 1. The zero-order chi connectivity index (χ0) is 14.0. The summed E-state index contributed by atoms with van der Waals surface area (Å²) in [6, 6.07) is 10.5. The quantitative estimate of drug-likeness (QED) is 0.804. The van der Waals surface area contributed by atoms with Crippen molar-refractivity contribution in [3.8, 4) is 0 Å². The van der Waals surface area contributed by atoms with Gasteiger partial charge in [0.05, 0.1) is 16.4 Å². The maximum absolute atomic E-state index is 12.1. The van der Waals surface area contributed by atoms with E-state index in [1.54, 1.807) is 30.3 Å². The molecular formula is C14H12BrClN2O. The van der Waals surface area contributed by atoms with Crippen LogP contribution in [-0.2, 0) is 0 Å². The standard InChI is InChI=1S/C14H12BrClN2O/c1-8-5-6-9(7-10(8)15)14(19)18-13-11(16)3-2-4-12(13)17/h2-7H,17H2,1H3,(H,18,19). The van der Waals surface area contributed by atoms with Crippen molar-refractivity contribution in [2.75, 3.05) is 11.1 Å². The monoisotopic (exact) mass is 338 g/mol. The molecule has 0 aliphatic carbocycles. The minimum Gasteiger partial charge on any atom is -0.397 e. The van der Waals surface area contributed by atoms with Gasteiger partial charge in [0, 0.05) is 10.0 Å². The molecule has 2 aromatic carbocycles. The molecule has 0 saturated heterocycles. The zero-order valence-electron chi connectivity index (χ0n) is 10.2. The van der Waals surface area contributed by atoms with E-state index >= 15 is 0 Å². The summed E-state index contributed by atoms with van der Waals surface area (Å²) in [7, 11) is 0. The maximum atomic E-state index is 12.1. The lowest BCUT2D eigenvalue weighted by Crippen LogP contribution is -2.13. The summed E-state index contributed by atoms with van der Waals surface area (Å²) in [5.74, 6) is -0.250. The largest absolute Gasteiger partial charge is 0.397 e. The van der Waals surface area contributed by atoms with Gasteiger partial charge in [0.2, 0.25) is 0 Å². The van der Waals surface area contributed by atoms with Gasteiger partial charge in [-0.15, -0.1) is 0 Å². The predicted octanol–water partition coefficient (Wildman–Crippen LogP) is 4.25. The first-order valence-electron chi connectivity index (χ1n) is 5.60. The summed E-state index contributed by atoms with van der Waals surface area (Å²) >= 11 is 9.41. The van der Waals surface area contributed by atoms with Crippen LogP contribution in [0.5, 0.6) is 0 Å². The molecule has 0 heterocycles. The van der Waals surface area contributed by atoms with E-state index in [0.29, 0.717) is 22.0 Å². The minimum atomic E-state index is -0.250. The van der Waals surface area contributed by atoms with Gasteiger partial charge in [0.15, 0.2) is 0 Å². The molecule has 3 N–H and O–H groups in total. The second-order valence-electron chi connectivity index (χ2n) is 4.12. The molecule has 0 fully saturated rings. The number of benzene rings is 2. The minimum absolute atomic E-state index is 0.250. The summed E-state index contributed by atoms with van der Waals surface area (Å²) in [5.41, 5.74) is 8.27. The lowest BCUT2D eigenvalue weighted by molar-refractivity contribution is 0.102. The Kier molecular flexibility index (Phi) is 4.12. The molecule has 0 aliphatic heterocycles. The molecule has 19 heavy (non-hydrogen) atoms. The average Bonchev–Trinajstić information content (AvgIpc) is 2.37. The van der Waals surface area contributed by atoms with Crippen molar-refractivity contribution in [2.24, 2.45) is 0 Å². The van der Waals surface area contributed by atoms with E-state index in [4.69, 9.17) is 17.3 Å². The number of halogens is 2. The predicted molar refractivity (Wildman–Crippen MR) is 82.7 cm³/mol. The topological polar surface area (TPSA) is 55.1 Å². The van der Waals surface area contributed by atoms with Gasteiger partial charge < -0.3 is 11.1 Å². The molecule has 0 atom stereocenters. The van der Waals surface area contributed by atoms with Crippen molar-refractivity contribution in [3.05, 3.63) is 57.0 Å². The second kappa shape index (κ2) is 5.63. The summed E-state index contributed by atoms with van der Waals surface area (Å²) in [5, 5.41) is 3.14. The highest BCUT2D eigenvalue weighted by molar-refractivity contribution is 9.10. The van der Waals surface area contributed by atoms with Gasteiger partial charge in [-0.3, -0.25) is 4.79 Å². The van der Waals surface area contributed by atoms with Gasteiger partial charge >= 0.3 is 0 Å². The summed E-state index contributed by atoms with van der Waals surface area (Å²) in [6.45, 7) is 1.96. The fraction of sp³-hybridized carbons (Fsp3) is 0.0714. The molecule has 0 radical (unpaired) electrons. The molecule has 0 spiro atoms. The average molecular weight is 340 g/mol. The molecule has 0 bridgehead atoms. The van der Waals surface area contributed by atoms with E-state index in [2.05, 4.69) is 21.2 Å². The number of nitrogens with one attached hydrogen (secondary N) is 1. The molecule has 3 nitrogen and oxygen atoms in total. The van der Waals surface area contributed by atoms with E-state index in [1.165, 1.54) is 0 Å². The third-order valence-corrected chi connectivity index (χ3v) is 3.89. The van der Waals surface area contributed by atoms with Gasteiger partial charge in [-0.25, -0.2) is 0 Å². The van der Waals surface area contributed by atoms with Crippen molar-refractivity contribution in [1.82, 2.24) is 0 Å². The van der Waals surface area contributed by atoms with Crippen molar-refractivity contribution >= 4 is 44.8 Å². The number of para-hydroxylation sites is 1. The Morgan fingerprint density at radius 2 is 2.05 bits per heavy atom. The molecule has 0 aliphatic rings. The van der Waals surface area contributed by atoms with Crippen LogP contribution in [0.25, 0.3) is 0 Å². The van der Waals surface area contributed by atoms with Gasteiger partial charge in [-0.05, 0) is 36.8 Å². The Balaban J connectivity index is 2.28. The van der Waals surface area contributed by atoms with Gasteiger partial charge in [0.1, 0.15) is 0 Å². The van der Waals surface area contributed by atoms with Crippen LogP contribution < -0.4 is 11.1 Å². The normalized spacial score (nSPS) is 10.3. The Morgan fingerprint density at radius 1 is 1.32 bits per heavy atom. The lowest BCUT2D eigenvalue weighted by atomic mass is 10.1. The third kappa shape index (κ3) is 3.08. The SMILES string of the molecule is Cc1ccc(C(=O)Nc2c(N)cccc2Cl)cc1Br. The fourth-order valence-electron chi connectivity index (χ4n) is 1.59. The van der Waals surface area contributed by atoms with Crippen LogP contribution >= 0.6 is 27.5 Å². The highest BCUT2D eigenvalue weighted by Crippen LogP contribution is 2.28. The van der Waals surface area contributed by atoms with E-state index in [0.717, 1.165) is 10.0 Å². The molecule has 5 heteroatoms. The van der Waals surface area contributed by atoms with Crippen LogP contribution in [-0.4, -0.2) is 5.91 Å². The second-order valence-corrected chi connectivity index (χ2v) is 5.38. The van der Waals surface area contributed by atoms with E-state index in [-0.39, 0.29) is 5.91 Å². The number of hydrogen-bond acceptors (Lipinski definition) is 2. The van der Waals surface area contributed by atoms with Crippen molar-refractivity contribution in [1.29, 1.82) is 0 Å². The molecule has 2 aromatic rings. The third-order valence-electron chi connectivity index (χ3n) is 2.72. The first kappa shape index (κ1) is 13.9. The molecular weight excluding hydrogens is 328 g/mol. The first-order chi connectivity index (χ1) is 8.99. The maximum Gasteiger partial charge on any atom is 0.255 e. The van der Waals surface area contributed by atoms with Crippen LogP contribution in [0.3, 0.4) is 0 Å². The molecule has 98 valence electrons. The first-order valence-corrected chi connectivity index (χ1v) is 6.77. The molecule has 1 amide bonds. The number of nitrogens with two attached hydrogens (primary N) is 1. The molecule has 0 saturated carbocycles. The number of carbonyl (C=O) groups is 1. The zero-order valence-corrected chi connectivity index (χ0v) is 12.5. The molecule has 2 rings (SSSR count). The van der Waals surface area contributed by atoms with E-state index < -0.39 is 0 Å². The summed E-state index contributed by atoms with van der Waals surface area (Å²) in [4.78, 5) is 12.1. The van der Waals surface area contributed by atoms with E-state index in [1.807, 2.05) is 13.0 Å². The number of hydrogen-bond donors (Lipinski definition) is 2. The molecule has 0 unspecified atom stereocenters. The number of anilines is 2. The van der Waals surface area contributed by atoms with Gasteiger partial charge in [0.25, 0.3) is 5.91 Å². The Hall–Kier alpha value is -1.52. The lowest BCUT2D eigenvalue weighted by Gasteiger charge is -2.10. The van der Waals surface area contributed by atoms with Crippen LogP contribution in [0.15, 0.2) is 40.9 Å². The van der Waals surface area contributed by atoms with Crippen molar-refractivity contribution < 1.29 is 4.79 Å². The van der Waals surface area contributed by atoms with Crippen molar-refractivity contribution in [2.45, 2.75) is 6.92 Å². The van der Waals surface area contributed by atoms with E-state index in [9.17, 15) is 4.79 Å². The number of amides is 1. The Morgan fingerprint density at radius 3 is 2.68 bits per heavy atom. The van der Waals surface area contributed by atoms with Gasteiger partial charge in [-0.2, -0.15) is 0 Å². The van der Waals surface area contributed by atoms with Crippen LogP contribution in [0.2, 0.25) is 5.02 Å². The number of nitrogen functional groups attached to an aromatic ring is 1.